The highest BCUT2D eigenvalue weighted by atomic mass is 16.5. The average Bonchev–Trinajstić information content (AvgIpc) is 3.40. The van der Waals surface area contributed by atoms with Crippen molar-refractivity contribution in [3.05, 3.63) is 191 Å². The third kappa shape index (κ3) is 3.58. The highest BCUT2D eigenvalue weighted by Crippen LogP contribution is 2.62. The Hall–Kier alpha value is -5.45. The zero-order valence-electron chi connectivity index (χ0n) is 23.9. The normalized spacial score (nSPS) is 18.6. The predicted octanol–water partition coefficient (Wildman–Crippen LogP) is 8.49. The van der Waals surface area contributed by atoms with E-state index in [1.54, 1.807) is 0 Å². The molecule has 0 fully saturated rings. The molecule has 1 spiro atoms. The van der Waals surface area contributed by atoms with Crippen LogP contribution in [0.2, 0.25) is 0 Å². The Morgan fingerprint density at radius 2 is 1.05 bits per heavy atom. The van der Waals surface area contributed by atoms with E-state index in [1.807, 2.05) is 6.07 Å². The molecule has 3 aliphatic rings. The second-order valence-electron chi connectivity index (χ2n) is 11.6. The molecule has 1 aliphatic carbocycles. The topological polar surface area (TPSA) is 45.6 Å². The molecule has 6 aromatic rings. The van der Waals surface area contributed by atoms with Crippen LogP contribution in [0, 0.1) is 0 Å². The summed E-state index contributed by atoms with van der Waals surface area (Å²) in [7, 11) is 0. The van der Waals surface area contributed by atoms with E-state index in [-0.39, 0.29) is 12.3 Å². The second-order valence-corrected chi connectivity index (χ2v) is 11.6. The number of amidine groups is 1. The van der Waals surface area contributed by atoms with Crippen LogP contribution in [0.3, 0.4) is 0 Å². The number of benzene rings is 6. The minimum absolute atomic E-state index is 0.111. The molecular weight excluding hydrogens is 538 g/mol. The van der Waals surface area contributed by atoms with Crippen molar-refractivity contribution < 1.29 is 4.74 Å². The molecule has 0 saturated carbocycles. The molecule has 0 radical (unpaired) electrons. The molecule has 6 aromatic carbocycles. The molecular formula is C40H29N3O. The van der Waals surface area contributed by atoms with Gasteiger partial charge < -0.3 is 10.1 Å². The van der Waals surface area contributed by atoms with Crippen LogP contribution in [-0.4, -0.2) is 5.84 Å². The number of hydrogen-bond donors (Lipinski definition) is 2. The molecule has 4 heteroatoms. The first-order chi connectivity index (χ1) is 21.8. The van der Waals surface area contributed by atoms with Gasteiger partial charge in [-0.05, 0) is 45.5 Å². The lowest BCUT2D eigenvalue weighted by Crippen LogP contribution is -2.45. The van der Waals surface area contributed by atoms with Crippen molar-refractivity contribution in [3.8, 4) is 22.6 Å². The number of para-hydroxylation sites is 2. The largest absolute Gasteiger partial charge is 0.457 e. The summed E-state index contributed by atoms with van der Waals surface area (Å²) in [5.74, 6) is 2.67. The molecule has 0 amide bonds. The molecule has 2 unspecified atom stereocenters. The van der Waals surface area contributed by atoms with Gasteiger partial charge in [0, 0.05) is 16.7 Å². The first-order valence-corrected chi connectivity index (χ1v) is 15.1. The van der Waals surface area contributed by atoms with Crippen LogP contribution in [-0.2, 0) is 5.41 Å². The van der Waals surface area contributed by atoms with E-state index in [4.69, 9.17) is 9.73 Å². The lowest BCUT2D eigenvalue weighted by molar-refractivity contribution is 0.409. The van der Waals surface area contributed by atoms with E-state index in [9.17, 15) is 0 Å². The first-order valence-electron chi connectivity index (χ1n) is 15.1. The van der Waals surface area contributed by atoms with E-state index in [0.717, 1.165) is 45.2 Å². The maximum atomic E-state index is 6.52. The number of nitrogens with one attached hydrogen (secondary N) is 2. The monoisotopic (exact) mass is 567 g/mol. The Labute approximate surface area is 256 Å². The summed E-state index contributed by atoms with van der Waals surface area (Å²) in [6.07, 6.45) is -0.316. The molecule has 2 N–H and O–H groups in total. The molecule has 9 rings (SSSR count). The summed E-state index contributed by atoms with van der Waals surface area (Å²) in [5.41, 5.74) is 10.1. The minimum atomic E-state index is -0.515. The number of hydrogen-bond acceptors (Lipinski definition) is 4. The van der Waals surface area contributed by atoms with E-state index >= 15 is 0 Å². The van der Waals surface area contributed by atoms with Crippen molar-refractivity contribution in [1.29, 1.82) is 0 Å². The fourth-order valence-corrected chi connectivity index (χ4v) is 7.42. The maximum absolute atomic E-state index is 6.52. The number of aliphatic imine (C=N–C) groups is 1. The Morgan fingerprint density at radius 3 is 1.75 bits per heavy atom. The average molecular weight is 568 g/mol. The van der Waals surface area contributed by atoms with Crippen LogP contribution in [0.1, 0.15) is 51.3 Å². The number of nitrogens with zero attached hydrogens (tertiary/aromatic N) is 1. The van der Waals surface area contributed by atoms with Gasteiger partial charge in [-0.25, -0.2) is 4.99 Å². The van der Waals surface area contributed by atoms with Gasteiger partial charge in [0.25, 0.3) is 0 Å². The van der Waals surface area contributed by atoms with Crippen molar-refractivity contribution in [2.45, 2.75) is 17.7 Å². The Morgan fingerprint density at radius 1 is 0.500 bits per heavy atom. The second kappa shape index (κ2) is 9.80. The van der Waals surface area contributed by atoms with E-state index in [1.165, 1.54) is 22.3 Å². The Kier molecular flexibility index (Phi) is 5.59. The van der Waals surface area contributed by atoms with Crippen LogP contribution < -0.4 is 15.4 Å². The zero-order valence-corrected chi connectivity index (χ0v) is 23.9. The van der Waals surface area contributed by atoms with Gasteiger partial charge in [0.2, 0.25) is 0 Å². The van der Waals surface area contributed by atoms with Crippen molar-refractivity contribution in [2.75, 3.05) is 0 Å². The standard InChI is InChI=1S/C40H29N3O/c1-3-14-26(15-4-1)37-41-38(27-16-5-2-6-17-27)43-39(42-37)29-19-13-23-33-36(29)28-18-7-8-20-30(28)40(33)31-21-9-11-24-34(31)44-35-25-12-10-22-32(35)40/h1-25,37-38,41H,(H,42,43). The first kappa shape index (κ1) is 25.1. The fraction of sp³-hybridized carbons (Fsp3) is 0.0750. The van der Waals surface area contributed by atoms with Crippen molar-refractivity contribution in [2.24, 2.45) is 4.99 Å². The van der Waals surface area contributed by atoms with Gasteiger partial charge in [-0.2, -0.15) is 0 Å². The number of rotatable bonds is 3. The fourth-order valence-electron chi connectivity index (χ4n) is 7.42. The van der Waals surface area contributed by atoms with Crippen molar-refractivity contribution in [3.63, 3.8) is 0 Å². The van der Waals surface area contributed by atoms with E-state index < -0.39 is 5.41 Å². The van der Waals surface area contributed by atoms with Gasteiger partial charge >= 0.3 is 0 Å². The predicted molar refractivity (Wildman–Crippen MR) is 175 cm³/mol. The molecule has 0 saturated heterocycles. The van der Waals surface area contributed by atoms with Crippen LogP contribution >= 0.6 is 0 Å². The minimum Gasteiger partial charge on any atom is -0.457 e. The quantitative estimate of drug-likeness (QED) is 0.225. The van der Waals surface area contributed by atoms with Crippen LogP contribution in [0.4, 0.5) is 0 Å². The maximum Gasteiger partial charge on any atom is 0.132 e. The number of ether oxygens (including phenoxy) is 1. The number of fused-ring (bicyclic) bond motifs is 9. The highest BCUT2D eigenvalue weighted by Gasteiger charge is 2.51. The molecule has 0 aromatic heterocycles. The van der Waals surface area contributed by atoms with Gasteiger partial charge in [-0.1, -0.05) is 140 Å². The van der Waals surface area contributed by atoms with Crippen LogP contribution in [0.15, 0.2) is 157 Å². The zero-order chi connectivity index (χ0) is 29.1. The van der Waals surface area contributed by atoms with Crippen LogP contribution in [0.5, 0.6) is 11.5 Å². The van der Waals surface area contributed by atoms with Crippen molar-refractivity contribution >= 4 is 5.84 Å². The molecule has 2 aliphatic heterocycles. The molecule has 0 bridgehead atoms. The van der Waals surface area contributed by atoms with Gasteiger partial charge in [0.05, 0.1) is 5.41 Å². The SMILES string of the molecule is c1ccc(C2N=C(c3cccc4c3-c3ccccc3C43c4ccccc4Oc4ccccc43)NC(c3ccccc3)N2)cc1. The summed E-state index contributed by atoms with van der Waals surface area (Å²) in [6, 6.07) is 53.5. The summed E-state index contributed by atoms with van der Waals surface area (Å²) < 4.78 is 6.52. The molecule has 2 atom stereocenters. The molecule has 4 nitrogen and oxygen atoms in total. The highest BCUT2D eigenvalue weighted by molar-refractivity contribution is 6.08. The Balaban J connectivity index is 1.31. The van der Waals surface area contributed by atoms with Crippen molar-refractivity contribution in [1.82, 2.24) is 10.6 Å². The molecule has 210 valence electrons. The summed E-state index contributed by atoms with van der Waals surface area (Å²) in [5, 5.41) is 7.53. The summed E-state index contributed by atoms with van der Waals surface area (Å²) >= 11 is 0. The van der Waals surface area contributed by atoms with Crippen LogP contribution in [0.25, 0.3) is 11.1 Å². The lowest BCUT2D eigenvalue weighted by atomic mass is 9.66. The van der Waals surface area contributed by atoms with Gasteiger partial charge in [0.1, 0.15) is 29.7 Å². The van der Waals surface area contributed by atoms with Gasteiger partial charge in [-0.15, -0.1) is 0 Å². The third-order valence-corrected chi connectivity index (χ3v) is 9.24. The molecule has 2 heterocycles. The molecule has 44 heavy (non-hydrogen) atoms. The van der Waals surface area contributed by atoms with Gasteiger partial charge in [0.15, 0.2) is 0 Å². The lowest BCUT2D eigenvalue weighted by Gasteiger charge is -2.39. The van der Waals surface area contributed by atoms with E-state index in [2.05, 4.69) is 156 Å². The smallest absolute Gasteiger partial charge is 0.132 e. The summed E-state index contributed by atoms with van der Waals surface area (Å²) in [6.45, 7) is 0. The van der Waals surface area contributed by atoms with E-state index in [0.29, 0.717) is 0 Å². The van der Waals surface area contributed by atoms with Gasteiger partial charge in [-0.3, -0.25) is 5.32 Å². The third-order valence-electron chi connectivity index (χ3n) is 9.24. The Bertz CT molecular complexity index is 2020. The summed E-state index contributed by atoms with van der Waals surface area (Å²) in [4.78, 5) is 5.34.